The molecular formula is C25H33ClN4S. The second-order valence-corrected chi connectivity index (χ2v) is 10.1. The van der Waals surface area contributed by atoms with Crippen molar-refractivity contribution >= 4 is 40.4 Å². The van der Waals surface area contributed by atoms with Crippen LogP contribution in [0.5, 0.6) is 0 Å². The summed E-state index contributed by atoms with van der Waals surface area (Å²) in [5, 5.41) is 8.24. The Morgan fingerprint density at radius 3 is 2.58 bits per heavy atom. The number of anilines is 2. The van der Waals surface area contributed by atoms with Crippen LogP contribution in [0, 0.1) is 5.92 Å². The quantitative estimate of drug-likeness (QED) is 0.527. The minimum atomic E-state index is 0.113. The largest absolute Gasteiger partial charge is 0.362 e. The summed E-state index contributed by atoms with van der Waals surface area (Å²) in [4.78, 5) is 7.06. The van der Waals surface area contributed by atoms with Crippen molar-refractivity contribution in [1.82, 2.24) is 10.3 Å². The summed E-state index contributed by atoms with van der Waals surface area (Å²) in [7, 11) is 0. The first kappa shape index (κ1) is 22.3. The van der Waals surface area contributed by atoms with Crippen molar-refractivity contribution in [2.24, 2.45) is 5.92 Å². The Hall–Kier alpha value is -1.85. The van der Waals surface area contributed by atoms with Gasteiger partial charge in [0.2, 0.25) is 0 Å². The summed E-state index contributed by atoms with van der Waals surface area (Å²) in [6.07, 6.45) is 10.6. The van der Waals surface area contributed by atoms with E-state index < -0.39 is 0 Å². The molecule has 1 aromatic heterocycles. The predicted octanol–water partition coefficient (Wildman–Crippen LogP) is 6.16. The molecule has 2 heterocycles. The first-order chi connectivity index (χ1) is 15.0. The Morgan fingerprint density at radius 2 is 1.90 bits per heavy atom. The molecule has 1 atom stereocenters. The van der Waals surface area contributed by atoms with Crippen LogP contribution in [-0.2, 0) is 5.41 Å². The third-order valence-electron chi connectivity index (χ3n) is 6.84. The first-order valence-electron chi connectivity index (χ1n) is 11.6. The second kappa shape index (κ2) is 10.2. The third kappa shape index (κ3) is 5.69. The molecule has 1 saturated heterocycles. The zero-order valence-electron chi connectivity index (χ0n) is 18.4. The Balaban J connectivity index is 1.35. The molecular weight excluding hydrogens is 424 g/mol. The van der Waals surface area contributed by atoms with Gasteiger partial charge in [-0.1, -0.05) is 49.9 Å². The number of benzene rings is 1. The summed E-state index contributed by atoms with van der Waals surface area (Å²) in [6.45, 7) is 5.33. The van der Waals surface area contributed by atoms with Gasteiger partial charge in [0.05, 0.1) is 11.9 Å². The lowest BCUT2D eigenvalue weighted by Crippen LogP contribution is -2.43. The molecule has 1 aromatic carbocycles. The maximum atomic E-state index is 6.13. The Morgan fingerprint density at radius 1 is 1.13 bits per heavy atom. The lowest BCUT2D eigenvalue weighted by molar-refractivity contribution is 0.292. The minimum absolute atomic E-state index is 0.113. The molecule has 2 aliphatic rings. The Bertz CT molecular complexity index is 862. The fourth-order valence-electron chi connectivity index (χ4n) is 5.07. The van der Waals surface area contributed by atoms with Crippen LogP contribution >= 0.6 is 23.8 Å². The van der Waals surface area contributed by atoms with Crippen molar-refractivity contribution in [1.29, 1.82) is 0 Å². The van der Waals surface area contributed by atoms with Gasteiger partial charge in [-0.25, -0.2) is 4.98 Å². The van der Waals surface area contributed by atoms with Gasteiger partial charge in [0, 0.05) is 30.1 Å². The van der Waals surface area contributed by atoms with Crippen molar-refractivity contribution in [3.8, 4) is 0 Å². The summed E-state index contributed by atoms with van der Waals surface area (Å²) in [5.74, 6) is 1.79. The lowest BCUT2D eigenvalue weighted by atomic mass is 9.69. The highest BCUT2D eigenvalue weighted by atomic mass is 35.5. The number of piperidine rings is 1. The number of nitrogens with zero attached hydrogens (tertiary/aromatic N) is 2. The van der Waals surface area contributed by atoms with Crippen LogP contribution in [0.25, 0.3) is 0 Å². The molecule has 0 unspecified atom stereocenters. The highest BCUT2D eigenvalue weighted by Gasteiger charge is 2.34. The molecule has 166 valence electrons. The number of hydrogen-bond donors (Lipinski definition) is 2. The van der Waals surface area contributed by atoms with Crippen molar-refractivity contribution in [2.45, 2.75) is 57.3 Å². The molecule has 4 rings (SSSR count). The summed E-state index contributed by atoms with van der Waals surface area (Å²) in [5.41, 5.74) is 2.39. The molecule has 2 aromatic rings. The summed E-state index contributed by atoms with van der Waals surface area (Å²) >= 11 is 11.7. The molecule has 0 bridgehead atoms. The molecule has 1 saturated carbocycles. The highest BCUT2D eigenvalue weighted by molar-refractivity contribution is 7.80. The van der Waals surface area contributed by atoms with Crippen molar-refractivity contribution in [3.05, 3.63) is 53.2 Å². The Labute approximate surface area is 196 Å². The maximum absolute atomic E-state index is 6.13. The average molecular weight is 457 g/mol. The molecule has 0 radical (unpaired) electrons. The van der Waals surface area contributed by atoms with E-state index in [1.165, 1.54) is 50.5 Å². The number of nitrogens with one attached hydrogen (secondary N) is 2. The van der Waals surface area contributed by atoms with Gasteiger partial charge in [-0.2, -0.15) is 0 Å². The van der Waals surface area contributed by atoms with Gasteiger partial charge >= 0.3 is 0 Å². The molecule has 4 nitrogen and oxygen atoms in total. The molecule has 31 heavy (non-hydrogen) atoms. The van der Waals surface area contributed by atoms with Gasteiger partial charge in [0.1, 0.15) is 5.82 Å². The normalized spacial score (nSPS) is 20.8. The summed E-state index contributed by atoms with van der Waals surface area (Å²) < 4.78 is 0. The molecule has 2 fully saturated rings. The van der Waals surface area contributed by atoms with E-state index in [4.69, 9.17) is 23.8 Å². The fraction of sp³-hybridized carbons (Fsp3) is 0.520. The number of hydrogen-bond acceptors (Lipinski definition) is 3. The van der Waals surface area contributed by atoms with Crippen LogP contribution in [-0.4, -0.2) is 29.7 Å². The van der Waals surface area contributed by atoms with E-state index in [0.717, 1.165) is 42.1 Å². The summed E-state index contributed by atoms with van der Waals surface area (Å²) in [6, 6.07) is 12.5. The van der Waals surface area contributed by atoms with Gasteiger partial charge in [-0.3, -0.25) is 0 Å². The van der Waals surface area contributed by atoms with E-state index in [-0.39, 0.29) is 5.41 Å². The van der Waals surface area contributed by atoms with Gasteiger partial charge in [-0.05, 0) is 73.6 Å². The van der Waals surface area contributed by atoms with Gasteiger partial charge in [0.15, 0.2) is 5.11 Å². The maximum Gasteiger partial charge on any atom is 0.170 e. The smallest absolute Gasteiger partial charge is 0.170 e. The first-order valence-corrected chi connectivity index (χ1v) is 12.3. The van der Waals surface area contributed by atoms with Gasteiger partial charge < -0.3 is 15.5 Å². The molecule has 0 amide bonds. The number of aromatic nitrogens is 1. The van der Waals surface area contributed by atoms with Crippen LogP contribution in [0.2, 0.25) is 5.02 Å². The van der Waals surface area contributed by atoms with Gasteiger partial charge in [0.25, 0.3) is 0 Å². The van der Waals surface area contributed by atoms with Crippen molar-refractivity contribution < 1.29 is 0 Å². The standard InChI is InChI=1S/C25H33ClN4S/c1-19-6-5-15-30(17-19)23-12-11-22(16-27-23)29-24(31)28-18-25(13-3-2-4-14-25)20-7-9-21(26)10-8-20/h7-12,16,19H,2-6,13-15,17-18H2,1H3,(H2,28,29,31)/t19-/m0/s1. The van der Waals surface area contributed by atoms with E-state index in [1.807, 2.05) is 18.3 Å². The molecule has 6 heteroatoms. The number of rotatable bonds is 5. The van der Waals surface area contributed by atoms with E-state index in [2.05, 4.69) is 51.7 Å². The monoisotopic (exact) mass is 456 g/mol. The number of thiocarbonyl (C=S) groups is 1. The van der Waals surface area contributed by atoms with Gasteiger partial charge in [-0.15, -0.1) is 0 Å². The molecule has 1 aliphatic carbocycles. The highest BCUT2D eigenvalue weighted by Crippen LogP contribution is 2.39. The predicted molar refractivity (Wildman–Crippen MR) is 135 cm³/mol. The SMILES string of the molecule is C[C@H]1CCCN(c2ccc(NC(=S)NCC3(c4ccc(Cl)cc4)CCCCC3)cn2)C1. The van der Waals surface area contributed by atoms with Crippen LogP contribution in [0.4, 0.5) is 11.5 Å². The van der Waals surface area contributed by atoms with E-state index in [9.17, 15) is 0 Å². The lowest BCUT2D eigenvalue weighted by Gasteiger charge is -2.38. The topological polar surface area (TPSA) is 40.2 Å². The van der Waals surface area contributed by atoms with Crippen LogP contribution < -0.4 is 15.5 Å². The van der Waals surface area contributed by atoms with Crippen molar-refractivity contribution in [3.63, 3.8) is 0 Å². The van der Waals surface area contributed by atoms with E-state index in [0.29, 0.717) is 5.11 Å². The zero-order valence-corrected chi connectivity index (χ0v) is 19.9. The fourth-order valence-corrected chi connectivity index (χ4v) is 5.38. The second-order valence-electron chi connectivity index (χ2n) is 9.25. The Kier molecular flexibility index (Phi) is 7.34. The van der Waals surface area contributed by atoms with Crippen molar-refractivity contribution in [2.75, 3.05) is 29.9 Å². The molecule has 0 spiro atoms. The van der Waals surface area contributed by atoms with Crippen LogP contribution in [0.15, 0.2) is 42.6 Å². The number of pyridine rings is 1. The van der Waals surface area contributed by atoms with Crippen LogP contribution in [0.1, 0.15) is 57.4 Å². The van der Waals surface area contributed by atoms with E-state index >= 15 is 0 Å². The zero-order chi connectivity index (χ0) is 21.7. The van der Waals surface area contributed by atoms with E-state index in [1.54, 1.807) is 0 Å². The molecule has 1 aliphatic heterocycles. The minimum Gasteiger partial charge on any atom is -0.362 e. The average Bonchev–Trinajstić information content (AvgIpc) is 2.79. The molecule has 2 N–H and O–H groups in total. The number of halogens is 1. The van der Waals surface area contributed by atoms with Crippen LogP contribution in [0.3, 0.4) is 0 Å². The third-order valence-corrected chi connectivity index (χ3v) is 7.34.